The van der Waals surface area contributed by atoms with Gasteiger partial charge in [0, 0.05) is 44.8 Å². The van der Waals surface area contributed by atoms with Crippen molar-refractivity contribution in [3.8, 4) is 0 Å². The van der Waals surface area contributed by atoms with Gasteiger partial charge in [-0.15, -0.1) is 11.3 Å². The molecule has 0 aliphatic heterocycles. The third-order valence-corrected chi connectivity index (χ3v) is 8.57. The van der Waals surface area contributed by atoms with E-state index < -0.39 is 12.1 Å². The molecule has 0 aliphatic carbocycles. The lowest BCUT2D eigenvalue weighted by Crippen LogP contribution is -2.54. The van der Waals surface area contributed by atoms with Crippen molar-refractivity contribution >= 4 is 46.2 Å². The van der Waals surface area contributed by atoms with Crippen LogP contribution in [0.3, 0.4) is 0 Å². The Labute approximate surface area is 260 Å². The Morgan fingerprint density at radius 2 is 1.69 bits per heavy atom. The molecular weight excluding hydrogens is 573 g/mol. The second-order valence-corrected chi connectivity index (χ2v) is 12.9. The number of hydrogen-bond acceptors (Lipinski definition) is 8. The van der Waals surface area contributed by atoms with E-state index in [0.717, 1.165) is 35.6 Å². The molecule has 42 heavy (non-hydrogen) atoms. The number of urea groups is 1. The second-order valence-electron chi connectivity index (χ2n) is 11.0. The van der Waals surface area contributed by atoms with Crippen molar-refractivity contribution in [3.63, 3.8) is 0 Å². The van der Waals surface area contributed by atoms with Gasteiger partial charge < -0.3 is 25.6 Å². The molecule has 1 aromatic rings. The lowest BCUT2D eigenvalue weighted by Gasteiger charge is -2.28. The molecular formula is C30H52N6O4S2. The number of aromatic nitrogens is 1. The quantitative estimate of drug-likeness (QED) is 0.132. The van der Waals surface area contributed by atoms with Gasteiger partial charge in [0.05, 0.1) is 15.4 Å². The van der Waals surface area contributed by atoms with Gasteiger partial charge in [-0.3, -0.25) is 14.8 Å². The Balaban J connectivity index is 2.68. The van der Waals surface area contributed by atoms with Crippen molar-refractivity contribution in [2.75, 3.05) is 20.6 Å². The molecule has 12 heteroatoms. The number of ether oxygens (including phenoxy) is 1. The molecule has 238 valence electrons. The zero-order valence-electron chi connectivity index (χ0n) is 26.6. The van der Waals surface area contributed by atoms with Crippen LogP contribution in [-0.2, 0) is 16.1 Å². The molecule has 3 atom stereocenters. The monoisotopic (exact) mass is 624 g/mol. The summed E-state index contributed by atoms with van der Waals surface area (Å²) in [7, 11) is 3.49. The minimum absolute atomic E-state index is 0.0547. The number of thiazole rings is 1. The van der Waals surface area contributed by atoms with E-state index in [2.05, 4.69) is 53.6 Å². The Bertz CT molecular complexity index is 984. The fourth-order valence-corrected chi connectivity index (χ4v) is 5.46. The van der Waals surface area contributed by atoms with Crippen LogP contribution in [0, 0.1) is 11.8 Å². The van der Waals surface area contributed by atoms with Crippen LogP contribution in [0.15, 0.2) is 28.2 Å². The highest BCUT2D eigenvalue weighted by atomic mass is 32.2. The van der Waals surface area contributed by atoms with E-state index in [0.29, 0.717) is 25.3 Å². The summed E-state index contributed by atoms with van der Waals surface area (Å²) in [6.45, 7) is 12.8. The number of amides is 4. The van der Waals surface area contributed by atoms with Crippen molar-refractivity contribution in [2.45, 2.75) is 105 Å². The lowest BCUT2D eigenvalue weighted by atomic mass is 9.98. The summed E-state index contributed by atoms with van der Waals surface area (Å²) in [6, 6.07) is -1.09. The summed E-state index contributed by atoms with van der Waals surface area (Å²) < 4.78 is 5.35. The molecule has 0 aliphatic rings. The van der Waals surface area contributed by atoms with Crippen molar-refractivity contribution in [2.24, 2.45) is 16.8 Å². The van der Waals surface area contributed by atoms with E-state index in [9.17, 15) is 14.4 Å². The molecule has 3 N–H and O–H groups in total. The van der Waals surface area contributed by atoms with Crippen LogP contribution in [0.1, 0.15) is 84.9 Å². The highest BCUT2D eigenvalue weighted by Gasteiger charge is 2.27. The number of hydrogen-bond donors (Lipinski definition) is 3. The van der Waals surface area contributed by atoms with Crippen LogP contribution in [0.4, 0.5) is 9.59 Å². The van der Waals surface area contributed by atoms with Gasteiger partial charge in [-0.2, -0.15) is 0 Å². The number of nitrogens with one attached hydrogen (secondary N) is 3. The second kappa shape index (κ2) is 21.1. The highest BCUT2D eigenvalue weighted by molar-refractivity contribution is 8.16. The van der Waals surface area contributed by atoms with Crippen LogP contribution >= 0.6 is 23.1 Å². The van der Waals surface area contributed by atoms with Crippen LogP contribution in [0.5, 0.6) is 0 Å². The van der Waals surface area contributed by atoms with E-state index in [-0.39, 0.29) is 36.5 Å². The van der Waals surface area contributed by atoms with Crippen LogP contribution in [0.2, 0.25) is 0 Å². The minimum atomic E-state index is -0.663. The fourth-order valence-electron chi connectivity index (χ4n) is 4.25. The van der Waals surface area contributed by atoms with Gasteiger partial charge in [0.2, 0.25) is 5.91 Å². The maximum atomic E-state index is 13.3. The molecule has 0 fully saturated rings. The van der Waals surface area contributed by atoms with Gasteiger partial charge in [0.25, 0.3) is 0 Å². The van der Waals surface area contributed by atoms with E-state index >= 15 is 0 Å². The summed E-state index contributed by atoms with van der Waals surface area (Å²) in [5.74, 6) is 0.0613. The normalized spacial score (nSPS) is 14.1. The third-order valence-electron chi connectivity index (χ3n) is 6.59. The summed E-state index contributed by atoms with van der Waals surface area (Å²) in [5.41, 5.74) is 1.70. The number of alkyl carbamates (subject to hydrolysis) is 1. The summed E-state index contributed by atoms with van der Waals surface area (Å²) >= 11 is 2.99. The SMILES string of the molecule is CCCC(CCC(CCC)NC(=O)C(NC(=O)N(C)C/C=C/SC(=NC)C(C)C)C(C)C)NC(=O)OCc1cncs1. The average Bonchev–Trinajstić information content (AvgIpc) is 3.46. The Morgan fingerprint density at radius 3 is 2.21 bits per heavy atom. The molecule has 1 aromatic heterocycles. The van der Waals surface area contributed by atoms with Crippen molar-refractivity contribution in [3.05, 3.63) is 28.1 Å². The van der Waals surface area contributed by atoms with E-state index in [1.807, 2.05) is 25.3 Å². The minimum Gasteiger partial charge on any atom is -0.444 e. The summed E-state index contributed by atoms with van der Waals surface area (Å²) in [5, 5.41) is 12.0. The van der Waals surface area contributed by atoms with Gasteiger partial charge in [-0.25, -0.2) is 9.59 Å². The Hall–Kier alpha value is -2.60. The summed E-state index contributed by atoms with van der Waals surface area (Å²) in [4.78, 5) is 49.3. The lowest BCUT2D eigenvalue weighted by molar-refractivity contribution is -0.124. The van der Waals surface area contributed by atoms with Gasteiger partial charge in [-0.05, 0) is 37.0 Å². The standard InChI is InChI=1S/C30H52N6O4S2/c1-9-12-23(14-15-24(13-10-2)34-30(39)40-19-25-18-32-20-42-25)33-27(37)26(21(3)4)35-29(38)36(8)16-11-17-41-28(31-7)22(5)6/h11,17-18,20-24,26H,9-10,12-16,19H2,1-8H3,(H,33,37)(H,34,39)(H,35,38)/b17-11+,31-28?. The Morgan fingerprint density at radius 1 is 1.05 bits per heavy atom. The molecule has 3 unspecified atom stereocenters. The molecule has 0 radical (unpaired) electrons. The number of likely N-dealkylation sites (N-methyl/N-ethyl adjacent to an activating group) is 1. The van der Waals surface area contributed by atoms with Crippen LogP contribution in [-0.4, -0.2) is 71.7 Å². The average molecular weight is 625 g/mol. The smallest absolute Gasteiger partial charge is 0.407 e. The molecule has 0 aromatic carbocycles. The summed E-state index contributed by atoms with van der Waals surface area (Å²) in [6.07, 6.45) is 8.01. The number of carbonyl (C=O) groups is 3. The van der Waals surface area contributed by atoms with Gasteiger partial charge in [0.15, 0.2) is 0 Å². The number of rotatable bonds is 18. The molecule has 1 heterocycles. The molecule has 0 saturated carbocycles. The maximum Gasteiger partial charge on any atom is 0.407 e. The number of carbonyl (C=O) groups excluding carboxylic acids is 3. The largest absolute Gasteiger partial charge is 0.444 e. The number of nitrogens with zero attached hydrogens (tertiary/aromatic N) is 3. The predicted molar refractivity (Wildman–Crippen MR) is 175 cm³/mol. The van der Waals surface area contributed by atoms with Crippen LogP contribution in [0.25, 0.3) is 0 Å². The van der Waals surface area contributed by atoms with E-state index in [1.54, 1.807) is 42.5 Å². The van der Waals surface area contributed by atoms with Crippen molar-refractivity contribution < 1.29 is 19.1 Å². The maximum absolute atomic E-state index is 13.3. The zero-order valence-corrected chi connectivity index (χ0v) is 28.3. The highest BCUT2D eigenvalue weighted by Crippen LogP contribution is 2.15. The first-order valence-electron chi connectivity index (χ1n) is 14.9. The first kappa shape index (κ1) is 37.4. The van der Waals surface area contributed by atoms with Crippen molar-refractivity contribution in [1.29, 1.82) is 0 Å². The molecule has 0 bridgehead atoms. The van der Waals surface area contributed by atoms with Gasteiger partial charge >= 0.3 is 12.1 Å². The molecule has 0 saturated heterocycles. The molecule has 10 nitrogen and oxygen atoms in total. The Kier molecular flexibility index (Phi) is 18.8. The molecule has 1 rings (SSSR count). The number of aliphatic imine (C=N–C) groups is 1. The topological polar surface area (TPSA) is 125 Å². The molecule has 4 amide bonds. The van der Waals surface area contributed by atoms with Crippen LogP contribution < -0.4 is 16.0 Å². The number of thioether (sulfide) groups is 1. The first-order chi connectivity index (χ1) is 20.0. The van der Waals surface area contributed by atoms with Gasteiger partial charge in [0.1, 0.15) is 12.6 Å². The fraction of sp³-hybridized carbons (Fsp3) is 0.700. The van der Waals surface area contributed by atoms with Gasteiger partial charge in [-0.1, -0.05) is 72.2 Å². The first-order valence-corrected chi connectivity index (χ1v) is 16.7. The van der Waals surface area contributed by atoms with E-state index in [1.165, 1.54) is 11.3 Å². The third kappa shape index (κ3) is 15.0. The zero-order chi connectivity index (χ0) is 31.5. The molecule has 0 spiro atoms. The van der Waals surface area contributed by atoms with E-state index in [4.69, 9.17) is 4.74 Å². The van der Waals surface area contributed by atoms with Crippen molar-refractivity contribution in [1.82, 2.24) is 25.8 Å². The predicted octanol–water partition coefficient (Wildman–Crippen LogP) is 6.20.